The summed E-state index contributed by atoms with van der Waals surface area (Å²) in [6.07, 6.45) is 1.96. The van der Waals surface area contributed by atoms with Crippen LogP contribution in [0.25, 0.3) is 0 Å². The molecule has 1 aromatic rings. The minimum atomic E-state index is -0.0668. The summed E-state index contributed by atoms with van der Waals surface area (Å²) in [4.78, 5) is 3.93. The average molecular weight is 137 g/mol. The zero-order chi connectivity index (χ0) is 9.59. The molecule has 1 fully saturated rings. The van der Waals surface area contributed by atoms with E-state index in [-0.39, 0.29) is 23.9 Å². The van der Waals surface area contributed by atoms with Gasteiger partial charge in [0.05, 0.1) is 16.0 Å². The maximum atomic E-state index is 7.59. The number of nitrogens with zero attached hydrogens (tertiary/aromatic N) is 1. The molecule has 0 radical (unpaired) electrons. The van der Waals surface area contributed by atoms with Crippen LogP contribution in [-0.4, -0.2) is 4.98 Å². The van der Waals surface area contributed by atoms with E-state index < -0.39 is 0 Å². The number of hydrogen-bond donors (Lipinski definition) is 1. The molecule has 1 heterocycles. The van der Waals surface area contributed by atoms with Crippen molar-refractivity contribution < 1.29 is 4.11 Å². The largest absolute Gasteiger partial charge is 0.397 e. The summed E-state index contributed by atoms with van der Waals surface area (Å²) in [5.74, 6) is 0.293. The lowest BCUT2D eigenvalue weighted by atomic mass is 10.2. The van der Waals surface area contributed by atoms with E-state index in [4.69, 9.17) is 9.85 Å². The summed E-state index contributed by atoms with van der Waals surface area (Å²) in [5, 5.41) is 0. The summed E-state index contributed by atoms with van der Waals surface area (Å²) in [7, 11) is 0. The third kappa shape index (κ3) is 0.967. The number of nitrogens with two attached hydrogens (primary N) is 1. The number of pyridine rings is 1. The first-order chi connectivity index (χ1) is 6.11. The van der Waals surface area contributed by atoms with Crippen molar-refractivity contribution in [1.82, 2.24) is 4.98 Å². The van der Waals surface area contributed by atoms with Crippen LogP contribution in [0.3, 0.4) is 0 Å². The molecule has 1 aromatic heterocycles. The molecule has 2 N–H and O–H groups in total. The van der Waals surface area contributed by atoms with Gasteiger partial charge in [-0.1, -0.05) is 0 Å². The fraction of sp³-hybridized carbons (Fsp3) is 0.375. The summed E-state index contributed by atoms with van der Waals surface area (Å²) in [6.45, 7) is 0. The van der Waals surface area contributed by atoms with Crippen molar-refractivity contribution >= 4 is 5.69 Å². The molecule has 0 amide bonds. The molecule has 2 heteroatoms. The molecule has 52 valence electrons. The molecule has 0 saturated heterocycles. The van der Waals surface area contributed by atoms with E-state index >= 15 is 0 Å². The van der Waals surface area contributed by atoms with Crippen LogP contribution in [0.2, 0.25) is 0 Å². The first-order valence-electron chi connectivity index (χ1n) is 4.84. The van der Waals surface area contributed by atoms with Crippen LogP contribution in [0.4, 0.5) is 5.69 Å². The van der Waals surface area contributed by atoms with Gasteiger partial charge in [0.1, 0.15) is 0 Å². The molecule has 2 rings (SSSR count). The van der Waals surface area contributed by atoms with Gasteiger partial charge < -0.3 is 5.73 Å². The van der Waals surface area contributed by atoms with E-state index in [1.165, 1.54) is 0 Å². The second-order valence-electron chi connectivity index (χ2n) is 2.55. The number of rotatable bonds is 1. The fourth-order valence-electron chi connectivity index (χ4n) is 0.858. The van der Waals surface area contributed by atoms with E-state index in [0.717, 1.165) is 12.8 Å². The number of aromatic nitrogens is 1. The molecule has 10 heavy (non-hydrogen) atoms. The van der Waals surface area contributed by atoms with E-state index in [9.17, 15) is 0 Å². The zero-order valence-electron chi connectivity index (χ0n) is 8.52. The minimum Gasteiger partial charge on any atom is -0.397 e. The van der Waals surface area contributed by atoms with Gasteiger partial charge in [0.25, 0.3) is 0 Å². The standard InChI is InChI=1S/C8H10N2/c9-7-3-4-8(10-5-7)6-1-2-6/h3-6H,1-2,9H2/i3D,4D,5D. The topological polar surface area (TPSA) is 38.9 Å². The monoisotopic (exact) mass is 137 g/mol. The first-order valence-corrected chi connectivity index (χ1v) is 3.34. The summed E-state index contributed by atoms with van der Waals surface area (Å²) in [6, 6.07) is 0.0397. The maximum absolute atomic E-state index is 7.59. The second-order valence-corrected chi connectivity index (χ2v) is 2.55. The van der Waals surface area contributed by atoms with Gasteiger partial charge in [-0.25, -0.2) is 0 Å². The molecule has 1 aliphatic carbocycles. The maximum Gasteiger partial charge on any atom is 0.0862 e. The molecule has 0 aromatic carbocycles. The lowest BCUT2D eigenvalue weighted by Crippen LogP contribution is -1.89. The second kappa shape index (κ2) is 1.97. The summed E-state index contributed by atoms with van der Waals surface area (Å²) >= 11 is 0. The third-order valence-corrected chi connectivity index (χ3v) is 1.59. The fourth-order valence-corrected chi connectivity index (χ4v) is 0.858. The number of nitrogen functional groups attached to an aromatic ring is 1. The highest BCUT2D eigenvalue weighted by Crippen LogP contribution is 2.38. The van der Waals surface area contributed by atoms with Gasteiger partial charge in [0.15, 0.2) is 0 Å². The molecule has 1 aliphatic rings. The van der Waals surface area contributed by atoms with E-state index in [1.54, 1.807) is 0 Å². The van der Waals surface area contributed by atoms with Gasteiger partial charge in [0, 0.05) is 11.6 Å². The van der Waals surface area contributed by atoms with Crippen molar-refractivity contribution in [2.24, 2.45) is 0 Å². The van der Waals surface area contributed by atoms with Gasteiger partial charge in [-0.3, -0.25) is 4.98 Å². The Labute approximate surface area is 64.3 Å². The van der Waals surface area contributed by atoms with E-state index in [1.807, 2.05) is 0 Å². The Morgan fingerprint density at radius 1 is 1.60 bits per heavy atom. The molecule has 0 bridgehead atoms. The Balaban J connectivity index is 2.58. The molecular weight excluding hydrogens is 124 g/mol. The lowest BCUT2D eigenvalue weighted by Gasteiger charge is -1.95. The van der Waals surface area contributed by atoms with Crippen LogP contribution in [0.5, 0.6) is 0 Å². The van der Waals surface area contributed by atoms with Crippen LogP contribution in [0.15, 0.2) is 18.3 Å². The third-order valence-electron chi connectivity index (χ3n) is 1.59. The van der Waals surface area contributed by atoms with Gasteiger partial charge in [-0.15, -0.1) is 0 Å². The molecule has 0 unspecified atom stereocenters. The van der Waals surface area contributed by atoms with E-state index in [0.29, 0.717) is 11.6 Å². The average Bonchev–Trinajstić information content (AvgIpc) is 2.91. The summed E-state index contributed by atoms with van der Waals surface area (Å²) < 4.78 is 22.4. The number of anilines is 1. The lowest BCUT2D eigenvalue weighted by molar-refractivity contribution is 1.02. The minimum absolute atomic E-state index is 0.00870. The summed E-state index contributed by atoms with van der Waals surface area (Å²) in [5.41, 5.74) is 6.00. The van der Waals surface area contributed by atoms with Crippen LogP contribution in [0.1, 0.15) is 28.6 Å². The predicted molar refractivity (Wildman–Crippen MR) is 40.6 cm³/mol. The Hall–Kier alpha value is -1.05. The van der Waals surface area contributed by atoms with Gasteiger partial charge in [0.2, 0.25) is 0 Å². The van der Waals surface area contributed by atoms with Crippen molar-refractivity contribution in [3.63, 3.8) is 0 Å². The van der Waals surface area contributed by atoms with Crippen molar-refractivity contribution in [3.8, 4) is 0 Å². The van der Waals surface area contributed by atoms with Gasteiger partial charge >= 0.3 is 0 Å². The van der Waals surface area contributed by atoms with Crippen molar-refractivity contribution in [2.75, 3.05) is 5.73 Å². The smallest absolute Gasteiger partial charge is 0.0862 e. The predicted octanol–water partition coefficient (Wildman–Crippen LogP) is 1.54. The molecule has 1 saturated carbocycles. The Morgan fingerprint density at radius 3 is 3.10 bits per heavy atom. The molecule has 2 nitrogen and oxygen atoms in total. The van der Waals surface area contributed by atoms with Gasteiger partial charge in [-0.05, 0) is 24.9 Å². The molecule has 0 atom stereocenters. The Morgan fingerprint density at radius 2 is 2.40 bits per heavy atom. The van der Waals surface area contributed by atoms with Crippen molar-refractivity contribution in [2.45, 2.75) is 18.8 Å². The quantitative estimate of drug-likeness (QED) is 0.637. The van der Waals surface area contributed by atoms with Crippen LogP contribution < -0.4 is 5.73 Å². The van der Waals surface area contributed by atoms with Crippen LogP contribution in [-0.2, 0) is 0 Å². The van der Waals surface area contributed by atoms with Crippen LogP contribution >= 0.6 is 0 Å². The zero-order valence-corrected chi connectivity index (χ0v) is 5.52. The highest BCUT2D eigenvalue weighted by atomic mass is 14.7. The van der Waals surface area contributed by atoms with E-state index in [2.05, 4.69) is 4.98 Å². The number of hydrogen-bond acceptors (Lipinski definition) is 2. The van der Waals surface area contributed by atoms with Gasteiger partial charge in [-0.2, -0.15) is 0 Å². The Bertz CT molecular complexity index is 361. The first kappa shape index (κ1) is 3.37. The highest BCUT2D eigenvalue weighted by molar-refractivity contribution is 5.35. The molecule has 0 spiro atoms. The molecular formula is C8H10N2. The molecule has 0 aliphatic heterocycles. The van der Waals surface area contributed by atoms with Crippen LogP contribution in [0, 0.1) is 0 Å². The van der Waals surface area contributed by atoms with Crippen molar-refractivity contribution in [1.29, 1.82) is 0 Å². The normalized spacial score (nSPS) is 21.4. The SMILES string of the molecule is [2H]c1nc(C2CC2)c([2H])c([2H])c1N. The highest BCUT2D eigenvalue weighted by Gasteiger charge is 2.24. The Kier molecular flexibility index (Phi) is 0.666. The van der Waals surface area contributed by atoms with Crippen molar-refractivity contribution in [3.05, 3.63) is 24.0 Å².